The van der Waals surface area contributed by atoms with E-state index in [4.69, 9.17) is 14.0 Å². The van der Waals surface area contributed by atoms with Gasteiger partial charge in [0.25, 0.3) is 7.37 Å². The van der Waals surface area contributed by atoms with Crippen LogP contribution in [-0.4, -0.2) is 34.4 Å². The Morgan fingerprint density at radius 3 is 2.23 bits per heavy atom. The molecule has 1 fully saturated rings. The van der Waals surface area contributed by atoms with Gasteiger partial charge in [0, 0.05) is 36.3 Å². The van der Waals surface area contributed by atoms with Gasteiger partial charge in [-0.15, -0.1) is 0 Å². The molecule has 216 valence electrons. The Bertz CT molecular complexity index is 1280. The van der Waals surface area contributed by atoms with Gasteiger partial charge in [0.15, 0.2) is 0 Å². The molecule has 1 N–H and O–H groups in total. The van der Waals surface area contributed by atoms with Crippen LogP contribution in [0.2, 0.25) is 0 Å². The Labute approximate surface area is 240 Å². The molecule has 1 aliphatic carbocycles. The van der Waals surface area contributed by atoms with Crippen molar-refractivity contribution in [3.8, 4) is 11.5 Å². The molecular formula is C33H45N2O4P. The number of ether oxygens (including phenoxy) is 2. The van der Waals surface area contributed by atoms with Crippen molar-refractivity contribution < 1.29 is 18.6 Å². The van der Waals surface area contributed by atoms with Crippen molar-refractivity contribution in [2.75, 3.05) is 38.5 Å². The van der Waals surface area contributed by atoms with Gasteiger partial charge < -0.3 is 24.2 Å². The summed E-state index contributed by atoms with van der Waals surface area (Å²) in [5.41, 5.74) is 2.62. The largest absolute Gasteiger partial charge is 0.497 e. The van der Waals surface area contributed by atoms with E-state index in [1.54, 1.807) is 14.2 Å². The zero-order valence-corrected chi connectivity index (χ0v) is 25.9. The maximum Gasteiger partial charge on any atom is 0.258 e. The minimum absolute atomic E-state index is 0.125. The molecule has 0 heterocycles. The molecule has 1 saturated carbocycles. The standard InChI is InChI=1S/C33H45N2O4P/c1-23(2)29-19-13-24(3)21-32(29)39-40(36,28-17-14-26(15-18-28)35(4)5)33(34-25-11-9-8-10-12-25)30-22-27(37-6)16-20-31(30)38-7/h8-12,14-18,20,22-24,29,32-34H,13,19,21H2,1-7H3. The molecule has 0 aliphatic heterocycles. The van der Waals surface area contributed by atoms with Gasteiger partial charge in [0.2, 0.25) is 0 Å². The molecule has 0 amide bonds. The van der Waals surface area contributed by atoms with Crippen LogP contribution in [0.5, 0.6) is 11.5 Å². The molecule has 7 heteroatoms. The summed E-state index contributed by atoms with van der Waals surface area (Å²) < 4.78 is 34.3. The van der Waals surface area contributed by atoms with Gasteiger partial charge in [-0.05, 0) is 85.2 Å². The van der Waals surface area contributed by atoms with Crippen LogP contribution in [0.1, 0.15) is 51.4 Å². The van der Waals surface area contributed by atoms with E-state index in [0.29, 0.717) is 34.6 Å². The van der Waals surface area contributed by atoms with Gasteiger partial charge in [0.1, 0.15) is 17.3 Å². The van der Waals surface area contributed by atoms with Crippen molar-refractivity contribution in [3.63, 3.8) is 0 Å². The third-order valence-corrected chi connectivity index (χ3v) is 10.8. The predicted octanol–water partition coefficient (Wildman–Crippen LogP) is 7.96. The highest BCUT2D eigenvalue weighted by Gasteiger charge is 2.44. The zero-order chi connectivity index (χ0) is 28.9. The lowest BCUT2D eigenvalue weighted by Gasteiger charge is -2.41. The van der Waals surface area contributed by atoms with Crippen LogP contribution in [0.4, 0.5) is 11.4 Å². The first-order valence-corrected chi connectivity index (χ1v) is 15.9. The van der Waals surface area contributed by atoms with Crippen molar-refractivity contribution in [1.29, 1.82) is 0 Å². The normalized spacial score (nSPS) is 21.4. The number of rotatable bonds is 11. The van der Waals surface area contributed by atoms with Crippen LogP contribution in [0, 0.1) is 17.8 Å². The van der Waals surface area contributed by atoms with E-state index in [1.165, 1.54) is 6.42 Å². The first-order chi connectivity index (χ1) is 19.2. The number of hydrogen-bond acceptors (Lipinski definition) is 6. The molecule has 4 rings (SSSR count). The third kappa shape index (κ3) is 6.67. The van der Waals surface area contributed by atoms with Crippen molar-refractivity contribution in [3.05, 3.63) is 78.4 Å². The fourth-order valence-electron chi connectivity index (χ4n) is 5.76. The fourth-order valence-corrected chi connectivity index (χ4v) is 8.40. The maximum atomic E-state index is 15.8. The lowest BCUT2D eigenvalue weighted by atomic mass is 9.75. The van der Waals surface area contributed by atoms with Crippen LogP contribution >= 0.6 is 7.37 Å². The molecule has 40 heavy (non-hydrogen) atoms. The van der Waals surface area contributed by atoms with E-state index in [2.05, 4.69) is 26.1 Å². The number of nitrogens with zero attached hydrogens (tertiary/aromatic N) is 1. The summed E-state index contributed by atoms with van der Waals surface area (Å²) in [6, 6.07) is 23.5. The first kappa shape index (κ1) is 30.0. The fraction of sp³-hybridized carbons (Fsp3) is 0.455. The van der Waals surface area contributed by atoms with Crippen LogP contribution in [0.15, 0.2) is 72.8 Å². The number of para-hydroxylation sites is 1. The average molecular weight is 565 g/mol. The highest BCUT2D eigenvalue weighted by molar-refractivity contribution is 7.67. The molecular weight excluding hydrogens is 519 g/mol. The molecule has 1 aliphatic rings. The Morgan fingerprint density at radius 1 is 0.925 bits per heavy atom. The summed E-state index contributed by atoms with van der Waals surface area (Å²) in [4.78, 5) is 2.04. The van der Waals surface area contributed by atoms with E-state index in [9.17, 15) is 0 Å². The zero-order valence-electron chi connectivity index (χ0n) is 25.0. The maximum absolute atomic E-state index is 15.8. The predicted molar refractivity (Wildman–Crippen MR) is 167 cm³/mol. The van der Waals surface area contributed by atoms with Crippen molar-refractivity contribution >= 4 is 24.0 Å². The molecule has 3 aromatic rings. The minimum Gasteiger partial charge on any atom is -0.497 e. The highest BCUT2D eigenvalue weighted by atomic mass is 31.2. The van der Waals surface area contributed by atoms with Crippen LogP contribution in [-0.2, 0) is 9.09 Å². The number of anilines is 2. The smallest absolute Gasteiger partial charge is 0.258 e. The van der Waals surface area contributed by atoms with Crippen LogP contribution in [0.3, 0.4) is 0 Å². The highest BCUT2D eigenvalue weighted by Crippen LogP contribution is 2.63. The molecule has 6 nitrogen and oxygen atoms in total. The summed E-state index contributed by atoms with van der Waals surface area (Å²) in [6.07, 6.45) is 3.00. The lowest BCUT2D eigenvalue weighted by molar-refractivity contribution is 0.0488. The molecule has 0 radical (unpaired) electrons. The molecule has 0 aromatic heterocycles. The third-order valence-electron chi connectivity index (χ3n) is 8.13. The SMILES string of the molecule is COc1ccc(OC)c(C(Nc2ccccc2)P(=O)(OC2CC(C)CCC2C(C)C)c2ccc(N(C)C)cc2)c1. The van der Waals surface area contributed by atoms with Crippen molar-refractivity contribution in [2.45, 2.75) is 51.9 Å². The van der Waals surface area contributed by atoms with Gasteiger partial charge in [-0.25, -0.2) is 0 Å². The Balaban J connectivity index is 1.93. The lowest BCUT2D eigenvalue weighted by Crippen LogP contribution is -2.36. The topological polar surface area (TPSA) is 60.0 Å². The van der Waals surface area contributed by atoms with Gasteiger partial charge in [-0.1, -0.05) is 45.4 Å². The quantitative estimate of drug-likeness (QED) is 0.239. The van der Waals surface area contributed by atoms with Gasteiger partial charge in [0.05, 0.1) is 20.3 Å². The summed E-state index contributed by atoms with van der Waals surface area (Å²) in [7, 11) is 3.65. The molecule has 5 unspecified atom stereocenters. The summed E-state index contributed by atoms with van der Waals surface area (Å²) in [5.74, 6) is 1.84. The second kappa shape index (κ2) is 13.1. The summed E-state index contributed by atoms with van der Waals surface area (Å²) in [5, 5.41) is 4.29. The Kier molecular flexibility index (Phi) is 9.86. The Morgan fingerprint density at radius 2 is 1.62 bits per heavy atom. The van der Waals surface area contributed by atoms with E-state index >= 15 is 4.57 Å². The number of methoxy groups -OCH3 is 2. The van der Waals surface area contributed by atoms with Gasteiger partial charge in [-0.3, -0.25) is 4.57 Å². The van der Waals surface area contributed by atoms with E-state index in [0.717, 1.165) is 29.8 Å². The summed E-state index contributed by atoms with van der Waals surface area (Å²) in [6.45, 7) is 6.77. The first-order valence-electron chi connectivity index (χ1n) is 14.3. The molecule has 3 aromatic carbocycles. The number of hydrogen-bond donors (Lipinski definition) is 1. The van der Waals surface area contributed by atoms with Crippen LogP contribution in [0.25, 0.3) is 0 Å². The minimum atomic E-state index is -3.63. The van der Waals surface area contributed by atoms with Crippen molar-refractivity contribution in [1.82, 2.24) is 0 Å². The monoisotopic (exact) mass is 564 g/mol. The Hall–Kier alpha value is -2.95. The molecule has 0 bridgehead atoms. The molecule has 0 saturated heterocycles. The van der Waals surface area contributed by atoms with E-state index < -0.39 is 13.2 Å². The van der Waals surface area contributed by atoms with Gasteiger partial charge >= 0.3 is 0 Å². The number of nitrogens with one attached hydrogen (secondary N) is 1. The van der Waals surface area contributed by atoms with E-state index in [-0.39, 0.29) is 6.10 Å². The molecule has 5 atom stereocenters. The number of benzene rings is 3. The van der Waals surface area contributed by atoms with E-state index in [1.807, 2.05) is 91.8 Å². The average Bonchev–Trinajstić information content (AvgIpc) is 2.96. The molecule has 0 spiro atoms. The second-order valence-corrected chi connectivity index (χ2v) is 13.9. The van der Waals surface area contributed by atoms with Crippen molar-refractivity contribution in [2.24, 2.45) is 17.8 Å². The van der Waals surface area contributed by atoms with Crippen LogP contribution < -0.4 is 25.0 Å². The second-order valence-electron chi connectivity index (χ2n) is 11.5. The summed E-state index contributed by atoms with van der Waals surface area (Å²) >= 11 is 0. The van der Waals surface area contributed by atoms with Gasteiger partial charge in [-0.2, -0.15) is 0 Å².